The number of carbonyl (C=O) groups excluding carboxylic acids is 1. The van der Waals surface area contributed by atoms with Gasteiger partial charge >= 0.3 is 5.97 Å². The highest BCUT2D eigenvalue weighted by Gasteiger charge is 2.44. The Hall–Kier alpha value is -1.06. The fourth-order valence-electron chi connectivity index (χ4n) is 3.17. The van der Waals surface area contributed by atoms with Crippen LogP contribution in [0, 0.1) is 17.8 Å². The predicted molar refractivity (Wildman–Crippen MR) is 58.8 cm³/mol. The number of carboxylic acids is 1. The van der Waals surface area contributed by atoms with Crippen LogP contribution in [0.4, 0.5) is 0 Å². The number of likely N-dealkylation sites (N-methyl/N-ethyl adjacent to an activating group) is 1. The molecule has 1 amide bonds. The van der Waals surface area contributed by atoms with Crippen molar-refractivity contribution < 1.29 is 14.7 Å². The molecule has 2 rings (SSSR count). The van der Waals surface area contributed by atoms with Gasteiger partial charge in [-0.3, -0.25) is 4.79 Å². The van der Waals surface area contributed by atoms with E-state index >= 15 is 0 Å². The summed E-state index contributed by atoms with van der Waals surface area (Å²) in [5, 5.41) is 8.88. The maximum absolute atomic E-state index is 12.1. The molecule has 4 atom stereocenters. The molecule has 1 N–H and O–H groups in total. The summed E-state index contributed by atoms with van der Waals surface area (Å²) in [5.41, 5.74) is 0. The average Bonchev–Trinajstić information content (AvgIpc) is 2.87. The van der Waals surface area contributed by atoms with Gasteiger partial charge in [0.25, 0.3) is 0 Å². The molecule has 0 aromatic heterocycles. The van der Waals surface area contributed by atoms with E-state index in [0.29, 0.717) is 11.8 Å². The average molecular weight is 225 g/mol. The summed E-state index contributed by atoms with van der Waals surface area (Å²) in [7, 11) is 1.60. The smallest absolute Gasteiger partial charge is 0.326 e. The summed E-state index contributed by atoms with van der Waals surface area (Å²) in [5.74, 6) is 0.417. The van der Waals surface area contributed by atoms with Crippen LogP contribution in [0.1, 0.15) is 32.6 Å². The highest BCUT2D eigenvalue weighted by Crippen LogP contribution is 2.48. The van der Waals surface area contributed by atoms with Crippen molar-refractivity contribution in [2.45, 2.75) is 38.6 Å². The van der Waals surface area contributed by atoms with E-state index < -0.39 is 12.0 Å². The van der Waals surface area contributed by atoms with E-state index in [9.17, 15) is 9.59 Å². The summed E-state index contributed by atoms with van der Waals surface area (Å²) in [6.07, 6.45) is 4.55. The van der Waals surface area contributed by atoms with Gasteiger partial charge in [0.1, 0.15) is 6.04 Å². The Morgan fingerprint density at radius 3 is 2.44 bits per heavy atom. The second kappa shape index (κ2) is 4.07. The molecule has 2 fully saturated rings. The van der Waals surface area contributed by atoms with Crippen molar-refractivity contribution >= 4 is 11.9 Å². The Balaban J connectivity index is 2.00. The fourth-order valence-corrected chi connectivity index (χ4v) is 3.17. The first-order chi connectivity index (χ1) is 7.50. The van der Waals surface area contributed by atoms with Gasteiger partial charge in [0.15, 0.2) is 0 Å². The third kappa shape index (κ3) is 1.81. The molecule has 2 saturated carbocycles. The highest BCUT2D eigenvalue weighted by molar-refractivity contribution is 5.85. The first-order valence-electron chi connectivity index (χ1n) is 6.00. The van der Waals surface area contributed by atoms with Crippen LogP contribution in [0.3, 0.4) is 0 Å². The van der Waals surface area contributed by atoms with Gasteiger partial charge in [-0.05, 0) is 38.0 Å². The van der Waals surface area contributed by atoms with Gasteiger partial charge in [-0.1, -0.05) is 6.42 Å². The maximum Gasteiger partial charge on any atom is 0.326 e. The number of hydrogen-bond donors (Lipinski definition) is 1. The minimum Gasteiger partial charge on any atom is -0.480 e. The van der Waals surface area contributed by atoms with E-state index in [0.717, 1.165) is 12.8 Å². The third-order valence-corrected chi connectivity index (χ3v) is 4.34. The van der Waals surface area contributed by atoms with Gasteiger partial charge in [-0.15, -0.1) is 0 Å². The molecule has 4 unspecified atom stereocenters. The standard InChI is InChI=1S/C12H19NO3/c1-7(12(15)16)13(2)11(14)10-6-8-3-4-9(10)5-8/h7-10H,3-6H2,1-2H3,(H,15,16). The van der Waals surface area contributed by atoms with Gasteiger partial charge in [0.2, 0.25) is 5.91 Å². The van der Waals surface area contributed by atoms with Gasteiger partial charge in [0.05, 0.1) is 0 Å². The van der Waals surface area contributed by atoms with Crippen molar-refractivity contribution in [1.82, 2.24) is 4.90 Å². The Morgan fingerprint density at radius 2 is 2.00 bits per heavy atom. The van der Waals surface area contributed by atoms with Crippen molar-refractivity contribution in [3.63, 3.8) is 0 Å². The van der Waals surface area contributed by atoms with Crippen molar-refractivity contribution in [2.24, 2.45) is 17.8 Å². The van der Waals surface area contributed by atoms with Gasteiger partial charge in [-0.25, -0.2) is 4.79 Å². The zero-order valence-corrected chi connectivity index (χ0v) is 9.85. The third-order valence-electron chi connectivity index (χ3n) is 4.34. The van der Waals surface area contributed by atoms with Crippen LogP contribution in [0.5, 0.6) is 0 Å². The minimum absolute atomic E-state index is 0.0297. The summed E-state index contributed by atoms with van der Waals surface area (Å²) in [6, 6.07) is -0.716. The van der Waals surface area contributed by atoms with Crippen LogP contribution >= 0.6 is 0 Å². The molecule has 0 aromatic rings. The summed E-state index contributed by atoms with van der Waals surface area (Å²) < 4.78 is 0. The molecule has 0 spiro atoms. The monoisotopic (exact) mass is 225 g/mol. The number of fused-ring (bicyclic) bond motifs is 2. The first kappa shape index (κ1) is 11.4. The molecule has 4 nitrogen and oxygen atoms in total. The summed E-state index contributed by atoms with van der Waals surface area (Å²) in [4.78, 5) is 24.4. The van der Waals surface area contributed by atoms with Crippen LogP contribution in [-0.2, 0) is 9.59 Å². The lowest BCUT2D eigenvalue weighted by molar-refractivity contribution is -0.150. The number of carboxylic acid groups (broad SMARTS) is 1. The number of rotatable bonds is 3. The van der Waals surface area contributed by atoms with Crippen molar-refractivity contribution in [3.8, 4) is 0 Å². The topological polar surface area (TPSA) is 57.6 Å². The Morgan fingerprint density at radius 1 is 1.31 bits per heavy atom. The molecular weight excluding hydrogens is 206 g/mol. The molecule has 90 valence electrons. The lowest BCUT2D eigenvalue weighted by Gasteiger charge is -2.28. The Bertz CT molecular complexity index is 315. The summed E-state index contributed by atoms with van der Waals surface area (Å²) in [6.45, 7) is 1.56. The van der Waals surface area contributed by atoms with Crippen LogP contribution in [0.2, 0.25) is 0 Å². The number of hydrogen-bond acceptors (Lipinski definition) is 2. The summed E-state index contributed by atoms with van der Waals surface area (Å²) >= 11 is 0. The van der Waals surface area contributed by atoms with Crippen molar-refractivity contribution in [3.05, 3.63) is 0 Å². The molecule has 2 aliphatic carbocycles. The lowest BCUT2D eigenvalue weighted by atomic mass is 9.87. The molecule has 0 aliphatic heterocycles. The van der Waals surface area contributed by atoms with Crippen LogP contribution in [0.25, 0.3) is 0 Å². The molecule has 16 heavy (non-hydrogen) atoms. The largest absolute Gasteiger partial charge is 0.480 e. The number of aliphatic carboxylic acids is 1. The van der Waals surface area contributed by atoms with E-state index in [1.54, 1.807) is 14.0 Å². The molecule has 2 bridgehead atoms. The van der Waals surface area contributed by atoms with Crippen LogP contribution in [0.15, 0.2) is 0 Å². The lowest BCUT2D eigenvalue weighted by Crippen LogP contribution is -2.44. The zero-order chi connectivity index (χ0) is 11.9. The second-order valence-corrected chi connectivity index (χ2v) is 5.24. The van der Waals surface area contributed by atoms with Gasteiger partial charge in [-0.2, -0.15) is 0 Å². The van der Waals surface area contributed by atoms with Gasteiger partial charge in [0, 0.05) is 13.0 Å². The normalized spacial score (nSPS) is 33.8. The Labute approximate surface area is 95.6 Å². The first-order valence-corrected chi connectivity index (χ1v) is 6.00. The molecule has 0 heterocycles. The molecule has 0 aromatic carbocycles. The van der Waals surface area contributed by atoms with Crippen molar-refractivity contribution in [1.29, 1.82) is 0 Å². The van der Waals surface area contributed by atoms with E-state index in [-0.39, 0.29) is 11.8 Å². The molecule has 2 aliphatic rings. The van der Waals surface area contributed by atoms with E-state index in [1.165, 1.54) is 17.7 Å². The maximum atomic E-state index is 12.1. The van der Waals surface area contributed by atoms with Crippen LogP contribution < -0.4 is 0 Å². The fraction of sp³-hybridized carbons (Fsp3) is 0.833. The molecule has 0 saturated heterocycles. The minimum atomic E-state index is -0.931. The van der Waals surface area contributed by atoms with E-state index in [1.807, 2.05) is 0 Å². The van der Waals surface area contributed by atoms with Crippen LogP contribution in [-0.4, -0.2) is 35.0 Å². The van der Waals surface area contributed by atoms with E-state index in [2.05, 4.69) is 0 Å². The molecule has 4 heteroatoms. The quantitative estimate of drug-likeness (QED) is 0.788. The number of nitrogens with zero attached hydrogens (tertiary/aromatic N) is 1. The number of amides is 1. The van der Waals surface area contributed by atoms with E-state index in [4.69, 9.17) is 5.11 Å². The second-order valence-electron chi connectivity index (χ2n) is 5.24. The zero-order valence-electron chi connectivity index (χ0n) is 9.85. The molecule has 0 radical (unpaired) electrons. The van der Waals surface area contributed by atoms with Crippen molar-refractivity contribution in [2.75, 3.05) is 7.05 Å². The predicted octanol–water partition coefficient (Wildman–Crippen LogP) is 1.35. The molecular formula is C12H19NO3. The Kier molecular flexibility index (Phi) is 2.91. The number of carbonyl (C=O) groups is 2. The van der Waals surface area contributed by atoms with Gasteiger partial charge < -0.3 is 10.0 Å². The SMILES string of the molecule is CC(C(=O)O)N(C)C(=O)C1CC2CCC1C2. The highest BCUT2D eigenvalue weighted by atomic mass is 16.4.